The van der Waals surface area contributed by atoms with Gasteiger partial charge in [0.15, 0.2) is 0 Å². The predicted octanol–water partition coefficient (Wildman–Crippen LogP) is 2.20. The summed E-state index contributed by atoms with van der Waals surface area (Å²) in [5.41, 5.74) is 0. The standard InChI is InChI=1S/C13H26O4Si/c1-12(2,3)18(13(4,5)6)16-8-10-11(17-18)9(14)7-15-10/h9-11,14H,7-8H2,1-6H3/t9?,10?,11-/m0/s1. The fourth-order valence-corrected chi connectivity index (χ4v) is 8.28. The molecule has 2 aliphatic heterocycles. The second-order valence-corrected chi connectivity index (χ2v) is 12.2. The van der Waals surface area contributed by atoms with Crippen molar-refractivity contribution in [3.63, 3.8) is 0 Å². The van der Waals surface area contributed by atoms with Gasteiger partial charge in [0.2, 0.25) is 0 Å². The first-order valence-corrected chi connectivity index (χ1v) is 8.51. The van der Waals surface area contributed by atoms with Gasteiger partial charge in [-0.05, 0) is 0 Å². The van der Waals surface area contributed by atoms with E-state index < -0.39 is 14.7 Å². The quantitative estimate of drug-likeness (QED) is 0.688. The molecule has 2 heterocycles. The van der Waals surface area contributed by atoms with Crippen LogP contribution in [0.2, 0.25) is 10.1 Å². The summed E-state index contributed by atoms with van der Waals surface area (Å²) in [5.74, 6) is 0. The average molecular weight is 274 g/mol. The molecule has 2 unspecified atom stereocenters. The number of rotatable bonds is 0. The van der Waals surface area contributed by atoms with Gasteiger partial charge in [-0.2, -0.15) is 0 Å². The van der Waals surface area contributed by atoms with Crippen molar-refractivity contribution in [1.29, 1.82) is 0 Å². The molecular weight excluding hydrogens is 248 g/mol. The molecule has 0 aromatic carbocycles. The summed E-state index contributed by atoms with van der Waals surface area (Å²) in [7, 11) is -2.45. The summed E-state index contributed by atoms with van der Waals surface area (Å²) >= 11 is 0. The summed E-state index contributed by atoms with van der Waals surface area (Å²) in [6.07, 6.45) is -0.843. The van der Waals surface area contributed by atoms with Crippen LogP contribution in [0.25, 0.3) is 0 Å². The van der Waals surface area contributed by atoms with Crippen molar-refractivity contribution in [2.45, 2.75) is 69.9 Å². The summed E-state index contributed by atoms with van der Waals surface area (Å²) in [5, 5.41) is 9.92. The van der Waals surface area contributed by atoms with Crippen molar-refractivity contribution in [1.82, 2.24) is 0 Å². The Morgan fingerprint density at radius 3 is 2.06 bits per heavy atom. The SMILES string of the molecule is CC(C)(C)[Si]1(C(C)(C)C)OCC2OCC(O)[C@@H]2O1. The van der Waals surface area contributed by atoms with Crippen LogP contribution in [0.1, 0.15) is 41.5 Å². The number of ether oxygens (including phenoxy) is 1. The molecule has 2 saturated heterocycles. The molecule has 0 bridgehead atoms. The topological polar surface area (TPSA) is 47.9 Å². The van der Waals surface area contributed by atoms with Crippen molar-refractivity contribution >= 4 is 8.56 Å². The Bertz CT molecular complexity index is 304. The molecule has 0 radical (unpaired) electrons. The molecule has 2 rings (SSSR count). The second kappa shape index (κ2) is 4.28. The van der Waals surface area contributed by atoms with Gasteiger partial charge in [0.05, 0.1) is 13.2 Å². The number of aliphatic hydroxyl groups is 1. The third kappa shape index (κ3) is 2.06. The van der Waals surface area contributed by atoms with E-state index in [1.165, 1.54) is 0 Å². The second-order valence-electron chi connectivity index (χ2n) is 7.45. The van der Waals surface area contributed by atoms with Crippen LogP contribution in [0.5, 0.6) is 0 Å². The molecule has 106 valence electrons. The molecule has 3 atom stereocenters. The highest BCUT2D eigenvalue weighted by atomic mass is 28.4. The fourth-order valence-electron chi connectivity index (χ4n) is 3.29. The lowest BCUT2D eigenvalue weighted by Crippen LogP contribution is -2.65. The molecule has 0 aromatic rings. The van der Waals surface area contributed by atoms with Gasteiger partial charge in [0, 0.05) is 10.1 Å². The van der Waals surface area contributed by atoms with Crippen LogP contribution in [0.15, 0.2) is 0 Å². The summed E-state index contributed by atoms with van der Waals surface area (Å²) < 4.78 is 18.1. The van der Waals surface area contributed by atoms with Gasteiger partial charge in [-0.15, -0.1) is 0 Å². The van der Waals surface area contributed by atoms with Crippen molar-refractivity contribution in [2.24, 2.45) is 0 Å². The molecule has 0 saturated carbocycles. The van der Waals surface area contributed by atoms with Crippen LogP contribution in [-0.2, 0) is 13.6 Å². The number of fused-ring (bicyclic) bond motifs is 1. The van der Waals surface area contributed by atoms with Gasteiger partial charge in [-0.3, -0.25) is 0 Å². The molecule has 0 aromatic heterocycles. The molecule has 4 nitrogen and oxygen atoms in total. The van der Waals surface area contributed by atoms with Gasteiger partial charge in [0.25, 0.3) is 0 Å². The van der Waals surface area contributed by atoms with Gasteiger partial charge in [-0.1, -0.05) is 41.5 Å². The summed E-state index contributed by atoms with van der Waals surface area (Å²) in [6, 6.07) is 0. The Balaban J connectivity index is 2.33. The Morgan fingerprint density at radius 1 is 1.00 bits per heavy atom. The first-order chi connectivity index (χ1) is 8.08. The Labute approximate surface area is 111 Å². The van der Waals surface area contributed by atoms with E-state index in [1.54, 1.807) is 0 Å². The normalized spacial score (nSPS) is 36.5. The highest BCUT2D eigenvalue weighted by molar-refractivity contribution is 6.73. The van der Waals surface area contributed by atoms with Crippen LogP contribution < -0.4 is 0 Å². The van der Waals surface area contributed by atoms with E-state index in [4.69, 9.17) is 13.6 Å². The molecule has 0 spiro atoms. The third-order valence-corrected chi connectivity index (χ3v) is 9.08. The lowest BCUT2D eigenvalue weighted by atomic mass is 10.2. The molecule has 0 amide bonds. The summed E-state index contributed by atoms with van der Waals surface area (Å²) in [6.45, 7) is 13.9. The van der Waals surface area contributed by atoms with Crippen LogP contribution in [0.4, 0.5) is 0 Å². The lowest BCUT2D eigenvalue weighted by Gasteiger charge is -2.53. The number of hydrogen-bond acceptors (Lipinski definition) is 4. The van der Waals surface area contributed by atoms with E-state index in [0.29, 0.717) is 13.2 Å². The van der Waals surface area contributed by atoms with Gasteiger partial charge in [0.1, 0.15) is 18.3 Å². The zero-order valence-electron chi connectivity index (χ0n) is 12.3. The smallest absolute Gasteiger partial charge is 0.349 e. The molecule has 5 heteroatoms. The van der Waals surface area contributed by atoms with Gasteiger partial charge < -0.3 is 18.7 Å². The predicted molar refractivity (Wildman–Crippen MR) is 71.8 cm³/mol. The maximum atomic E-state index is 10.0. The molecule has 0 aliphatic carbocycles. The van der Waals surface area contributed by atoms with Crippen molar-refractivity contribution in [2.75, 3.05) is 13.2 Å². The van der Waals surface area contributed by atoms with Crippen LogP contribution >= 0.6 is 0 Å². The van der Waals surface area contributed by atoms with E-state index in [1.807, 2.05) is 0 Å². The zero-order valence-corrected chi connectivity index (χ0v) is 13.3. The minimum Gasteiger partial charge on any atom is -0.391 e. The minimum absolute atomic E-state index is 0.0431. The maximum Gasteiger partial charge on any atom is 0.349 e. The zero-order chi connectivity index (χ0) is 13.8. The molecule has 2 fully saturated rings. The summed E-state index contributed by atoms with van der Waals surface area (Å²) in [4.78, 5) is 0. The number of hydrogen-bond donors (Lipinski definition) is 1. The van der Waals surface area contributed by atoms with Gasteiger partial charge in [-0.25, -0.2) is 0 Å². The molecule has 1 N–H and O–H groups in total. The molecule has 2 aliphatic rings. The Morgan fingerprint density at radius 2 is 1.56 bits per heavy atom. The van der Waals surface area contributed by atoms with E-state index in [-0.39, 0.29) is 22.3 Å². The van der Waals surface area contributed by atoms with Gasteiger partial charge >= 0.3 is 8.56 Å². The van der Waals surface area contributed by atoms with Crippen LogP contribution in [0, 0.1) is 0 Å². The van der Waals surface area contributed by atoms with Crippen molar-refractivity contribution in [3.05, 3.63) is 0 Å². The highest BCUT2D eigenvalue weighted by Gasteiger charge is 2.63. The first kappa shape index (κ1) is 14.5. The fraction of sp³-hybridized carbons (Fsp3) is 1.00. The van der Waals surface area contributed by atoms with Crippen molar-refractivity contribution < 1.29 is 18.7 Å². The van der Waals surface area contributed by atoms with E-state index in [9.17, 15) is 5.11 Å². The minimum atomic E-state index is -2.45. The molecule has 18 heavy (non-hydrogen) atoms. The highest BCUT2D eigenvalue weighted by Crippen LogP contribution is 2.54. The Hall–Kier alpha value is 0.0569. The van der Waals surface area contributed by atoms with E-state index in [0.717, 1.165) is 0 Å². The largest absolute Gasteiger partial charge is 0.391 e. The maximum absolute atomic E-state index is 10.0. The first-order valence-electron chi connectivity index (χ1n) is 6.70. The monoisotopic (exact) mass is 274 g/mol. The Kier molecular flexibility index (Phi) is 3.44. The van der Waals surface area contributed by atoms with Crippen LogP contribution in [0.3, 0.4) is 0 Å². The van der Waals surface area contributed by atoms with Crippen molar-refractivity contribution in [3.8, 4) is 0 Å². The number of aliphatic hydroxyl groups excluding tert-OH is 1. The van der Waals surface area contributed by atoms with Crippen LogP contribution in [-0.4, -0.2) is 45.2 Å². The van der Waals surface area contributed by atoms with E-state index >= 15 is 0 Å². The van der Waals surface area contributed by atoms with E-state index in [2.05, 4.69) is 41.5 Å². The molecular formula is C13H26O4Si. The average Bonchev–Trinajstić information content (AvgIpc) is 2.56. The third-order valence-electron chi connectivity index (χ3n) is 3.95. The lowest BCUT2D eigenvalue weighted by molar-refractivity contribution is -0.0672.